The van der Waals surface area contributed by atoms with E-state index in [4.69, 9.17) is 4.74 Å². The molecule has 31 heavy (non-hydrogen) atoms. The summed E-state index contributed by atoms with van der Waals surface area (Å²) in [6, 6.07) is 4.47. The molecule has 0 saturated carbocycles. The highest BCUT2D eigenvalue weighted by atomic mass is 16.5. The van der Waals surface area contributed by atoms with Gasteiger partial charge in [-0.25, -0.2) is 0 Å². The number of fused-ring (bicyclic) bond motifs is 1. The first-order valence-electron chi connectivity index (χ1n) is 9.45. The van der Waals surface area contributed by atoms with Crippen molar-refractivity contribution in [2.45, 2.75) is 31.9 Å². The maximum Gasteiger partial charge on any atom is 0.181 e. The van der Waals surface area contributed by atoms with Crippen LogP contribution < -0.4 is 10.1 Å². The van der Waals surface area contributed by atoms with Gasteiger partial charge in [0.2, 0.25) is 0 Å². The number of phenols is 3. The zero-order valence-electron chi connectivity index (χ0n) is 16.9. The van der Waals surface area contributed by atoms with Crippen LogP contribution >= 0.6 is 0 Å². The van der Waals surface area contributed by atoms with Crippen LogP contribution in [-0.2, 0) is 16.0 Å². The lowest BCUT2D eigenvalue weighted by molar-refractivity contribution is -0.123. The number of carbonyl (C=O) groups excluding carboxylic acids is 2. The smallest absolute Gasteiger partial charge is 0.181 e. The third-order valence-electron chi connectivity index (χ3n) is 5.02. The number of ketones is 2. The molecule has 6 N–H and O–H groups in total. The molecule has 0 bridgehead atoms. The van der Waals surface area contributed by atoms with E-state index in [1.165, 1.54) is 26.2 Å². The Hall–Kier alpha value is -3.72. The lowest BCUT2D eigenvalue weighted by atomic mass is 9.97. The molecule has 0 aromatic heterocycles. The molecule has 1 aliphatic rings. The highest BCUT2D eigenvalue weighted by Gasteiger charge is 2.31. The average molecular weight is 429 g/mol. The third kappa shape index (κ3) is 4.41. The molecular weight excluding hydrogens is 406 g/mol. The molecule has 2 aromatic rings. The predicted molar refractivity (Wildman–Crippen MR) is 111 cm³/mol. The summed E-state index contributed by atoms with van der Waals surface area (Å²) in [7, 11) is 1.40. The summed E-state index contributed by atoms with van der Waals surface area (Å²) >= 11 is 0. The van der Waals surface area contributed by atoms with Crippen LogP contribution in [0.15, 0.2) is 30.3 Å². The largest absolute Gasteiger partial charge is 0.507 e. The summed E-state index contributed by atoms with van der Waals surface area (Å²) in [5.41, 5.74) is 0.482. The van der Waals surface area contributed by atoms with Crippen molar-refractivity contribution in [3.63, 3.8) is 0 Å². The van der Waals surface area contributed by atoms with Crippen molar-refractivity contribution < 1.29 is 39.9 Å². The highest BCUT2D eigenvalue weighted by Crippen LogP contribution is 2.47. The quantitative estimate of drug-likeness (QED) is 0.347. The Morgan fingerprint density at radius 3 is 2.45 bits per heavy atom. The molecule has 164 valence electrons. The van der Waals surface area contributed by atoms with E-state index in [1.54, 1.807) is 6.07 Å². The molecule has 2 aromatic carbocycles. The summed E-state index contributed by atoms with van der Waals surface area (Å²) in [6.07, 6.45) is -0.449. The minimum Gasteiger partial charge on any atom is -0.507 e. The SMILES string of the molecule is COc1ccc(CC(=O)C(CC(C)=O)Nc2c(O)c(O)cc3c2C(O)=CC3O)cc1O. The molecule has 2 atom stereocenters. The Morgan fingerprint density at radius 2 is 1.84 bits per heavy atom. The van der Waals surface area contributed by atoms with Crippen molar-refractivity contribution in [3.05, 3.63) is 47.0 Å². The Balaban J connectivity index is 1.94. The van der Waals surface area contributed by atoms with Crippen molar-refractivity contribution in [1.82, 2.24) is 0 Å². The van der Waals surface area contributed by atoms with Crippen LogP contribution in [0.2, 0.25) is 0 Å². The normalized spacial score (nSPS) is 15.7. The average Bonchev–Trinajstić information content (AvgIpc) is 2.97. The van der Waals surface area contributed by atoms with Crippen molar-refractivity contribution >= 4 is 23.0 Å². The summed E-state index contributed by atoms with van der Waals surface area (Å²) in [4.78, 5) is 24.7. The first-order valence-corrected chi connectivity index (χ1v) is 9.45. The highest BCUT2D eigenvalue weighted by molar-refractivity contribution is 5.95. The number of aromatic hydroxyl groups is 3. The van der Waals surface area contributed by atoms with Crippen LogP contribution in [0.5, 0.6) is 23.0 Å². The Morgan fingerprint density at radius 1 is 1.13 bits per heavy atom. The van der Waals surface area contributed by atoms with Gasteiger partial charge in [0.05, 0.1) is 18.8 Å². The Labute approximate surface area is 177 Å². The van der Waals surface area contributed by atoms with Gasteiger partial charge in [-0.05, 0) is 36.8 Å². The number of carbonyl (C=O) groups is 2. The fraction of sp³-hybridized carbons (Fsp3) is 0.273. The summed E-state index contributed by atoms with van der Waals surface area (Å²) in [6.45, 7) is 1.30. The van der Waals surface area contributed by atoms with Gasteiger partial charge in [-0.2, -0.15) is 0 Å². The van der Waals surface area contributed by atoms with E-state index in [1.807, 2.05) is 0 Å². The van der Waals surface area contributed by atoms with Gasteiger partial charge in [0.15, 0.2) is 28.8 Å². The zero-order chi connectivity index (χ0) is 22.9. The number of hydrogen-bond donors (Lipinski definition) is 6. The molecule has 0 saturated heterocycles. The number of nitrogens with one attached hydrogen (secondary N) is 1. The first kappa shape index (κ1) is 22.0. The number of methoxy groups -OCH3 is 1. The topological polar surface area (TPSA) is 157 Å². The lowest BCUT2D eigenvalue weighted by Gasteiger charge is -2.22. The van der Waals surface area contributed by atoms with Gasteiger partial charge in [0.25, 0.3) is 0 Å². The molecule has 0 fully saturated rings. The van der Waals surface area contributed by atoms with Crippen molar-refractivity contribution in [2.75, 3.05) is 12.4 Å². The van der Waals surface area contributed by atoms with Gasteiger partial charge in [0, 0.05) is 24.0 Å². The van der Waals surface area contributed by atoms with E-state index in [-0.39, 0.29) is 52.7 Å². The fourth-order valence-electron chi connectivity index (χ4n) is 3.53. The van der Waals surface area contributed by atoms with E-state index in [2.05, 4.69) is 5.32 Å². The first-order chi connectivity index (χ1) is 14.6. The molecule has 0 amide bonds. The fourth-order valence-corrected chi connectivity index (χ4v) is 3.53. The molecule has 0 aliphatic heterocycles. The van der Waals surface area contributed by atoms with E-state index in [0.29, 0.717) is 5.56 Å². The summed E-state index contributed by atoms with van der Waals surface area (Å²) in [5, 5.41) is 53.2. The van der Waals surface area contributed by atoms with E-state index >= 15 is 0 Å². The number of hydrogen-bond acceptors (Lipinski definition) is 9. The van der Waals surface area contributed by atoms with E-state index in [0.717, 1.165) is 12.1 Å². The Bertz CT molecular complexity index is 1080. The number of aliphatic hydroxyl groups is 2. The lowest BCUT2D eigenvalue weighted by Crippen LogP contribution is -2.33. The molecule has 9 heteroatoms. The van der Waals surface area contributed by atoms with Crippen LogP contribution in [0.4, 0.5) is 5.69 Å². The monoisotopic (exact) mass is 429 g/mol. The number of phenolic OH excluding ortho intramolecular Hbond substituents is 3. The summed E-state index contributed by atoms with van der Waals surface area (Å²) < 4.78 is 4.98. The number of rotatable bonds is 8. The van der Waals surface area contributed by atoms with E-state index < -0.39 is 29.4 Å². The second-order valence-electron chi connectivity index (χ2n) is 7.33. The van der Waals surface area contributed by atoms with E-state index in [9.17, 15) is 35.1 Å². The molecule has 9 nitrogen and oxygen atoms in total. The van der Waals surface area contributed by atoms with Crippen molar-refractivity contribution in [1.29, 1.82) is 0 Å². The molecule has 0 radical (unpaired) electrons. The van der Waals surface area contributed by atoms with Gasteiger partial charge >= 0.3 is 0 Å². The second-order valence-corrected chi connectivity index (χ2v) is 7.33. The third-order valence-corrected chi connectivity index (χ3v) is 5.02. The predicted octanol–water partition coefficient (Wildman–Crippen LogP) is 2.33. The van der Waals surface area contributed by atoms with Gasteiger partial charge < -0.3 is 35.6 Å². The van der Waals surface area contributed by atoms with Gasteiger partial charge in [-0.1, -0.05) is 6.07 Å². The van der Waals surface area contributed by atoms with Gasteiger partial charge in [-0.15, -0.1) is 0 Å². The van der Waals surface area contributed by atoms with Gasteiger partial charge in [0.1, 0.15) is 17.6 Å². The molecule has 3 rings (SSSR count). The number of Topliss-reactive ketones (excluding diaryl/α,β-unsaturated/α-hetero) is 2. The van der Waals surface area contributed by atoms with Crippen LogP contribution in [-0.4, -0.2) is 50.3 Å². The summed E-state index contributed by atoms with van der Waals surface area (Å²) in [5.74, 6) is -2.16. The van der Waals surface area contributed by atoms with Crippen LogP contribution in [0.1, 0.15) is 36.1 Å². The maximum atomic E-state index is 13.0. The number of aliphatic hydroxyl groups excluding tert-OH is 2. The van der Waals surface area contributed by atoms with Gasteiger partial charge in [-0.3, -0.25) is 9.59 Å². The second kappa shape index (κ2) is 8.57. The Kier molecular flexibility index (Phi) is 6.07. The van der Waals surface area contributed by atoms with Crippen LogP contribution in [0, 0.1) is 0 Å². The molecule has 1 aliphatic carbocycles. The minimum atomic E-state index is -1.20. The van der Waals surface area contributed by atoms with Crippen LogP contribution in [0.3, 0.4) is 0 Å². The molecular formula is C22H23NO8. The number of ether oxygens (including phenoxy) is 1. The van der Waals surface area contributed by atoms with Crippen LogP contribution in [0.25, 0.3) is 5.76 Å². The zero-order valence-corrected chi connectivity index (χ0v) is 16.9. The molecule has 2 unspecified atom stereocenters. The molecule has 0 heterocycles. The number of anilines is 1. The number of benzene rings is 2. The standard InChI is InChI=1S/C22H23NO8/c1-10(24)5-13(15(26)6-11-3-4-19(31-2)16(27)7-11)23-21-20-12(8-18(29)22(21)30)14(25)9-17(20)28/h3-4,7-9,13-14,23,25,27-30H,5-6H2,1-2H3. The van der Waals surface area contributed by atoms with Crippen molar-refractivity contribution in [2.24, 2.45) is 0 Å². The maximum absolute atomic E-state index is 13.0. The minimum absolute atomic E-state index is 0.0336. The molecule has 0 spiro atoms. The van der Waals surface area contributed by atoms with Crippen molar-refractivity contribution in [3.8, 4) is 23.0 Å².